The smallest absolute Gasteiger partial charge is 0.0558 e. The molecule has 15 heavy (non-hydrogen) atoms. The number of aromatic nitrogens is 1. The predicted molar refractivity (Wildman–Crippen MR) is 60.3 cm³/mol. The number of aliphatic hydroxyl groups is 1. The van der Waals surface area contributed by atoms with Crippen molar-refractivity contribution < 1.29 is 5.11 Å². The monoisotopic (exact) mass is 209 g/mol. The van der Waals surface area contributed by atoms with Gasteiger partial charge in [-0.1, -0.05) is 6.07 Å². The summed E-state index contributed by atoms with van der Waals surface area (Å²) < 4.78 is 0. The van der Waals surface area contributed by atoms with Gasteiger partial charge in [-0.05, 0) is 31.6 Å². The number of aliphatic hydroxyl groups excluding tert-OH is 1. The van der Waals surface area contributed by atoms with Crippen molar-refractivity contribution in [3.63, 3.8) is 0 Å². The molecule has 1 heterocycles. The van der Waals surface area contributed by atoms with Gasteiger partial charge in [-0.3, -0.25) is 9.88 Å². The second kappa shape index (κ2) is 7.34. The van der Waals surface area contributed by atoms with Gasteiger partial charge < -0.3 is 10.8 Å². The van der Waals surface area contributed by atoms with Gasteiger partial charge in [-0.25, -0.2) is 0 Å². The van der Waals surface area contributed by atoms with Crippen molar-refractivity contribution in [1.29, 1.82) is 0 Å². The molecule has 0 aliphatic carbocycles. The molecule has 0 amide bonds. The standard InChI is InChI=1S/C11H19N3O/c12-5-3-7-14(8-9-15)10-11-4-1-2-6-13-11/h1-2,4,6,15H,3,5,7-10,12H2. The zero-order valence-corrected chi connectivity index (χ0v) is 8.97. The maximum absolute atomic E-state index is 8.92. The molecule has 0 unspecified atom stereocenters. The molecule has 0 radical (unpaired) electrons. The molecular formula is C11H19N3O. The van der Waals surface area contributed by atoms with Crippen molar-refractivity contribution in [2.45, 2.75) is 13.0 Å². The van der Waals surface area contributed by atoms with E-state index in [1.165, 1.54) is 0 Å². The molecule has 4 nitrogen and oxygen atoms in total. The van der Waals surface area contributed by atoms with Crippen LogP contribution in [0.25, 0.3) is 0 Å². The summed E-state index contributed by atoms with van der Waals surface area (Å²) in [7, 11) is 0. The molecule has 1 rings (SSSR count). The minimum absolute atomic E-state index is 0.178. The molecule has 4 heteroatoms. The summed E-state index contributed by atoms with van der Waals surface area (Å²) in [5, 5.41) is 8.92. The Labute approximate surface area is 90.7 Å². The van der Waals surface area contributed by atoms with E-state index in [2.05, 4.69) is 9.88 Å². The van der Waals surface area contributed by atoms with Crippen LogP contribution in [-0.4, -0.2) is 41.2 Å². The van der Waals surface area contributed by atoms with Crippen molar-refractivity contribution >= 4 is 0 Å². The average Bonchev–Trinajstić information content (AvgIpc) is 2.28. The Hall–Kier alpha value is -0.970. The first-order chi connectivity index (χ1) is 7.36. The highest BCUT2D eigenvalue weighted by molar-refractivity contribution is 5.03. The molecule has 1 aromatic heterocycles. The number of pyridine rings is 1. The molecule has 1 aromatic rings. The summed E-state index contributed by atoms with van der Waals surface area (Å²) in [4.78, 5) is 6.42. The van der Waals surface area contributed by atoms with Crippen molar-refractivity contribution in [2.24, 2.45) is 5.73 Å². The van der Waals surface area contributed by atoms with Gasteiger partial charge in [0.1, 0.15) is 0 Å². The van der Waals surface area contributed by atoms with Crippen LogP contribution in [0.1, 0.15) is 12.1 Å². The molecule has 0 saturated heterocycles. The summed E-state index contributed by atoms with van der Waals surface area (Å²) in [6.07, 6.45) is 2.74. The Kier molecular flexibility index (Phi) is 5.92. The molecule has 0 aliphatic rings. The van der Waals surface area contributed by atoms with Gasteiger partial charge in [-0.15, -0.1) is 0 Å². The zero-order valence-electron chi connectivity index (χ0n) is 8.97. The molecule has 0 aromatic carbocycles. The van der Waals surface area contributed by atoms with Gasteiger partial charge in [0.05, 0.1) is 12.3 Å². The van der Waals surface area contributed by atoms with Crippen LogP contribution in [0, 0.1) is 0 Å². The molecule has 0 aliphatic heterocycles. The van der Waals surface area contributed by atoms with Crippen molar-refractivity contribution in [2.75, 3.05) is 26.2 Å². The lowest BCUT2D eigenvalue weighted by Crippen LogP contribution is -2.29. The molecule has 0 fully saturated rings. The highest BCUT2D eigenvalue weighted by Gasteiger charge is 2.04. The van der Waals surface area contributed by atoms with Gasteiger partial charge in [0.25, 0.3) is 0 Å². The van der Waals surface area contributed by atoms with E-state index in [-0.39, 0.29) is 6.61 Å². The lowest BCUT2D eigenvalue weighted by molar-refractivity contribution is 0.188. The summed E-state index contributed by atoms with van der Waals surface area (Å²) >= 11 is 0. The van der Waals surface area contributed by atoms with Crippen LogP contribution in [0.3, 0.4) is 0 Å². The van der Waals surface area contributed by atoms with Crippen LogP contribution >= 0.6 is 0 Å². The molecule has 0 atom stereocenters. The molecule has 0 bridgehead atoms. The van der Waals surface area contributed by atoms with E-state index in [4.69, 9.17) is 10.8 Å². The van der Waals surface area contributed by atoms with Crippen molar-refractivity contribution in [1.82, 2.24) is 9.88 Å². The second-order valence-electron chi connectivity index (χ2n) is 3.46. The van der Waals surface area contributed by atoms with Crippen LogP contribution in [0.15, 0.2) is 24.4 Å². The maximum Gasteiger partial charge on any atom is 0.0558 e. The van der Waals surface area contributed by atoms with Gasteiger partial charge >= 0.3 is 0 Å². The quantitative estimate of drug-likeness (QED) is 0.674. The first-order valence-electron chi connectivity index (χ1n) is 5.30. The first kappa shape index (κ1) is 12.1. The predicted octanol–water partition coefficient (Wildman–Crippen LogP) is 0.225. The third-order valence-corrected chi connectivity index (χ3v) is 2.21. The minimum Gasteiger partial charge on any atom is -0.395 e. The fourth-order valence-electron chi connectivity index (χ4n) is 1.45. The Bertz CT molecular complexity index is 253. The Morgan fingerprint density at radius 1 is 1.33 bits per heavy atom. The van der Waals surface area contributed by atoms with E-state index in [1.54, 1.807) is 6.20 Å². The second-order valence-corrected chi connectivity index (χ2v) is 3.46. The number of nitrogens with zero attached hydrogens (tertiary/aromatic N) is 2. The number of rotatable bonds is 7. The van der Waals surface area contributed by atoms with Gasteiger partial charge in [0.2, 0.25) is 0 Å². The SMILES string of the molecule is NCCCN(CCO)Cc1ccccn1. The van der Waals surface area contributed by atoms with Crippen LogP contribution in [-0.2, 0) is 6.54 Å². The van der Waals surface area contributed by atoms with Crippen molar-refractivity contribution in [3.05, 3.63) is 30.1 Å². The fourth-order valence-corrected chi connectivity index (χ4v) is 1.45. The average molecular weight is 209 g/mol. The normalized spacial score (nSPS) is 10.9. The van der Waals surface area contributed by atoms with E-state index >= 15 is 0 Å². The molecule has 0 saturated carbocycles. The first-order valence-corrected chi connectivity index (χ1v) is 5.30. The van der Waals surface area contributed by atoms with E-state index in [9.17, 15) is 0 Å². The highest BCUT2D eigenvalue weighted by atomic mass is 16.3. The third-order valence-electron chi connectivity index (χ3n) is 2.21. The fraction of sp³-hybridized carbons (Fsp3) is 0.545. The maximum atomic E-state index is 8.92. The van der Waals surface area contributed by atoms with Crippen LogP contribution < -0.4 is 5.73 Å². The Morgan fingerprint density at radius 2 is 2.20 bits per heavy atom. The molecule has 84 valence electrons. The summed E-state index contributed by atoms with van der Waals surface area (Å²) in [5.74, 6) is 0. The zero-order chi connectivity index (χ0) is 10.9. The van der Waals surface area contributed by atoms with E-state index in [1.807, 2.05) is 18.2 Å². The van der Waals surface area contributed by atoms with Crippen molar-refractivity contribution in [3.8, 4) is 0 Å². The summed E-state index contributed by atoms with van der Waals surface area (Å²) in [6.45, 7) is 3.23. The summed E-state index contributed by atoms with van der Waals surface area (Å²) in [5.41, 5.74) is 6.49. The minimum atomic E-state index is 0.178. The molecule has 3 N–H and O–H groups in total. The number of nitrogens with two attached hydrogens (primary N) is 1. The van der Waals surface area contributed by atoms with Gasteiger partial charge in [0.15, 0.2) is 0 Å². The Balaban J connectivity index is 2.43. The van der Waals surface area contributed by atoms with E-state index < -0.39 is 0 Å². The molecular weight excluding hydrogens is 190 g/mol. The van der Waals surface area contributed by atoms with E-state index in [0.717, 1.165) is 25.2 Å². The lowest BCUT2D eigenvalue weighted by Gasteiger charge is -2.20. The topological polar surface area (TPSA) is 62.4 Å². The van der Waals surface area contributed by atoms with Crippen LogP contribution in [0.2, 0.25) is 0 Å². The lowest BCUT2D eigenvalue weighted by atomic mass is 10.3. The van der Waals surface area contributed by atoms with Crippen LogP contribution in [0.5, 0.6) is 0 Å². The van der Waals surface area contributed by atoms with Crippen LogP contribution in [0.4, 0.5) is 0 Å². The Morgan fingerprint density at radius 3 is 2.80 bits per heavy atom. The summed E-state index contributed by atoms with van der Waals surface area (Å²) in [6, 6.07) is 5.87. The molecule has 0 spiro atoms. The highest BCUT2D eigenvalue weighted by Crippen LogP contribution is 2.01. The third kappa shape index (κ3) is 4.88. The largest absolute Gasteiger partial charge is 0.395 e. The van der Waals surface area contributed by atoms with Gasteiger partial charge in [-0.2, -0.15) is 0 Å². The number of hydrogen-bond acceptors (Lipinski definition) is 4. The number of hydrogen-bond donors (Lipinski definition) is 2. The van der Waals surface area contributed by atoms with Gasteiger partial charge in [0, 0.05) is 19.3 Å². The van der Waals surface area contributed by atoms with E-state index in [0.29, 0.717) is 13.1 Å².